The molecule has 0 aliphatic heterocycles. The second-order valence-electron chi connectivity index (χ2n) is 7.75. The second kappa shape index (κ2) is 8.06. The number of nitrogens with zero attached hydrogens (tertiary/aromatic N) is 4. The molecule has 0 radical (unpaired) electrons. The van der Waals surface area contributed by atoms with Crippen LogP contribution in [0.1, 0.15) is 12.8 Å². The lowest BCUT2D eigenvalue weighted by Gasteiger charge is -2.11. The first kappa shape index (κ1) is 21.8. The monoisotopic (exact) mass is 483 g/mol. The molecule has 174 valence electrons. The summed E-state index contributed by atoms with van der Waals surface area (Å²) < 4.78 is 46.3. The number of halogens is 1. The number of benzene rings is 2. The molecule has 2 aromatic heterocycles. The lowest BCUT2D eigenvalue weighted by molar-refractivity contribution is -0.387. The highest BCUT2D eigenvalue weighted by Gasteiger charge is 2.38. The highest BCUT2D eigenvalue weighted by atomic mass is 32.2. The van der Waals surface area contributed by atoms with Crippen LogP contribution in [0, 0.1) is 15.9 Å². The number of nitrogens with one attached hydrogen (secondary N) is 1. The number of hydrogen-bond donors (Lipinski definition) is 1. The van der Waals surface area contributed by atoms with Gasteiger partial charge in [0, 0.05) is 35.5 Å². The quantitative estimate of drug-likeness (QED) is 0.305. The third-order valence-corrected chi connectivity index (χ3v) is 7.71. The van der Waals surface area contributed by atoms with E-state index in [0.717, 1.165) is 12.1 Å². The van der Waals surface area contributed by atoms with Gasteiger partial charge in [-0.25, -0.2) is 22.4 Å². The minimum Gasteiger partial charge on any atom is -0.494 e. The summed E-state index contributed by atoms with van der Waals surface area (Å²) in [6, 6.07) is 10.7. The van der Waals surface area contributed by atoms with Crippen molar-refractivity contribution in [1.82, 2.24) is 13.9 Å². The van der Waals surface area contributed by atoms with Gasteiger partial charge in [0.2, 0.25) is 21.8 Å². The first-order valence-corrected chi connectivity index (χ1v) is 11.8. The van der Waals surface area contributed by atoms with Crippen LogP contribution >= 0.6 is 0 Å². The Morgan fingerprint density at radius 1 is 1.24 bits per heavy atom. The number of nitro benzene ring substituents is 1. The van der Waals surface area contributed by atoms with Gasteiger partial charge in [-0.3, -0.25) is 10.1 Å². The maximum Gasteiger partial charge on any atom is 0.307 e. The first-order chi connectivity index (χ1) is 16.3. The maximum atomic E-state index is 14.0. The molecule has 2 heterocycles. The molecule has 1 fully saturated rings. The lowest BCUT2D eigenvalue weighted by Crippen LogP contribution is -2.16. The predicted octanol–water partition coefficient (Wildman–Crippen LogP) is 4.24. The fraction of sp³-hybridized carbons (Fsp3) is 0.182. The number of aromatic nitrogens is 3. The van der Waals surface area contributed by atoms with Gasteiger partial charge in [-0.15, -0.1) is 0 Å². The number of hydrogen-bond acceptors (Lipinski definition) is 8. The summed E-state index contributed by atoms with van der Waals surface area (Å²) in [6.07, 6.45) is 4.29. The van der Waals surface area contributed by atoms with Crippen LogP contribution in [0.3, 0.4) is 0 Å². The molecular formula is C22H18FN5O5S. The van der Waals surface area contributed by atoms with Gasteiger partial charge in [-0.05, 0) is 25.0 Å². The molecule has 10 nitrogen and oxygen atoms in total. The van der Waals surface area contributed by atoms with Crippen molar-refractivity contribution in [2.45, 2.75) is 18.1 Å². The van der Waals surface area contributed by atoms with Gasteiger partial charge in [-0.1, -0.05) is 18.2 Å². The number of rotatable bonds is 7. The SMILES string of the molecule is COc1cc(F)c([N+](=O)[O-])cc1Nc1nccc(-c2cn(S(=O)(=O)C3CC3)c3ccccc23)n1. The fourth-order valence-electron chi connectivity index (χ4n) is 3.73. The highest BCUT2D eigenvalue weighted by Crippen LogP contribution is 2.37. The lowest BCUT2D eigenvalue weighted by atomic mass is 10.1. The Morgan fingerprint density at radius 3 is 2.71 bits per heavy atom. The van der Waals surface area contributed by atoms with Crippen LogP contribution in [0.15, 0.2) is 54.9 Å². The Bertz CT molecular complexity index is 1550. The number of para-hydroxylation sites is 1. The zero-order chi connectivity index (χ0) is 24.0. The molecule has 1 aliphatic carbocycles. The van der Waals surface area contributed by atoms with Gasteiger partial charge in [0.25, 0.3) is 0 Å². The molecule has 0 amide bonds. The molecule has 1 aliphatic rings. The number of nitro groups is 1. The van der Waals surface area contributed by atoms with Crippen molar-refractivity contribution in [2.24, 2.45) is 0 Å². The van der Waals surface area contributed by atoms with Crippen LogP contribution in [0.2, 0.25) is 0 Å². The van der Waals surface area contributed by atoms with Crippen LogP contribution in [0.25, 0.3) is 22.2 Å². The van der Waals surface area contributed by atoms with Crippen molar-refractivity contribution in [2.75, 3.05) is 12.4 Å². The van der Waals surface area contributed by atoms with E-state index >= 15 is 0 Å². The summed E-state index contributed by atoms with van der Waals surface area (Å²) in [5, 5.41) is 14.3. The zero-order valence-electron chi connectivity index (χ0n) is 17.8. The number of fused-ring (bicyclic) bond motifs is 1. The van der Waals surface area contributed by atoms with E-state index in [1.165, 1.54) is 17.3 Å². The summed E-state index contributed by atoms with van der Waals surface area (Å²) >= 11 is 0. The average Bonchev–Trinajstić information content (AvgIpc) is 3.61. The van der Waals surface area contributed by atoms with E-state index in [1.807, 2.05) is 12.1 Å². The zero-order valence-corrected chi connectivity index (χ0v) is 18.6. The maximum absolute atomic E-state index is 14.0. The van der Waals surface area contributed by atoms with Crippen molar-refractivity contribution >= 4 is 38.2 Å². The summed E-state index contributed by atoms with van der Waals surface area (Å²) in [5.74, 6) is -0.936. The molecule has 12 heteroatoms. The third-order valence-electron chi connectivity index (χ3n) is 5.54. The van der Waals surface area contributed by atoms with Gasteiger partial charge in [0.05, 0.1) is 34.2 Å². The molecule has 1 saturated carbocycles. The largest absolute Gasteiger partial charge is 0.494 e. The van der Waals surface area contributed by atoms with Gasteiger partial charge < -0.3 is 10.1 Å². The molecule has 4 aromatic rings. The molecular weight excluding hydrogens is 465 g/mol. The van der Waals surface area contributed by atoms with Crippen molar-refractivity contribution in [3.05, 3.63) is 70.8 Å². The number of ether oxygens (including phenoxy) is 1. The second-order valence-corrected chi connectivity index (χ2v) is 9.84. The molecule has 0 spiro atoms. The minimum atomic E-state index is -3.52. The molecule has 0 atom stereocenters. The smallest absolute Gasteiger partial charge is 0.307 e. The normalized spacial score (nSPS) is 13.7. The molecule has 2 aromatic carbocycles. The summed E-state index contributed by atoms with van der Waals surface area (Å²) in [7, 11) is -2.22. The molecule has 5 rings (SSSR count). The Balaban J connectivity index is 1.58. The average molecular weight is 483 g/mol. The van der Waals surface area contributed by atoms with E-state index in [9.17, 15) is 22.9 Å². The fourth-order valence-corrected chi connectivity index (χ4v) is 5.47. The van der Waals surface area contributed by atoms with Crippen molar-refractivity contribution in [1.29, 1.82) is 0 Å². The van der Waals surface area contributed by atoms with E-state index in [2.05, 4.69) is 15.3 Å². The van der Waals surface area contributed by atoms with Gasteiger partial charge >= 0.3 is 5.69 Å². The summed E-state index contributed by atoms with van der Waals surface area (Å²) in [5.41, 5.74) is 0.948. The summed E-state index contributed by atoms with van der Waals surface area (Å²) in [4.78, 5) is 18.9. The van der Waals surface area contributed by atoms with Crippen LogP contribution < -0.4 is 10.1 Å². The molecule has 0 saturated heterocycles. The molecule has 34 heavy (non-hydrogen) atoms. The Morgan fingerprint density at radius 2 is 2.00 bits per heavy atom. The summed E-state index contributed by atoms with van der Waals surface area (Å²) in [6.45, 7) is 0. The van der Waals surface area contributed by atoms with E-state index in [4.69, 9.17) is 4.74 Å². The van der Waals surface area contributed by atoms with Crippen molar-refractivity contribution in [3.63, 3.8) is 0 Å². The Labute approximate surface area is 193 Å². The standard InChI is InChI=1S/C22H18FN5O5S/c1-33-21-10-16(23)20(28(29)30)11-18(21)26-22-24-9-8-17(25-22)15-12-27(34(31,32)13-6-7-13)19-5-3-2-4-14(15)19/h2-5,8-13H,6-7H2,1H3,(H,24,25,26). The van der Waals surface area contributed by atoms with E-state index in [1.54, 1.807) is 24.4 Å². The van der Waals surface area contributed by atoms with Crippen LogP contribution in [0.4, 0.5) is 21.7 Å². The van der Waals surface area contributed by atoms with E-state index in [-0.39, 0.29) is 22.6 Å². The van der Waals surface area contributed by atoms with Crippen LogP contribution in [0.5, 0.6) is 5.75 Å². The van der Waals surface area contributed by atoms with Crippen LogP contribution in [-0.4, -0.2) is 39.6 Å². The van der Waals surface area contributed by atoms with Gasteiger partial charge in [0.1, 0.15) is 5.75 Å². The van der Waals surface area contributed by atoms with Gasteiger partial charge in [-0.2, -0.15) is 4.39 Å². The van der Waals surface area contributed by atoms with E-state index in [0.29, 0.717) is 35.0 Å². The first-order valence-electron chi connectivity index (χ1n) is 10.3. The van der Waals surface area contributed by atoms with Crippen LogP contribution in [-0.2, 0) is 10.0 Å². The molecule has 0 bridgehead atoms. The molecule has 0 unspecified atom stereocenters. The number of methoxy groups -OCH3 is 1. The predicted molar refractivity (Wildman–Crippen MR) is 123 cm³/mol. The topological polar surface area (TPSA) is 129 Å². The van der Waals surface area contributed by atoms with Crippen molar-refractivity contribution in [3.8, 4) is 17.0 Å². The number of anilines is 2. The molecule has 1 N–H and O–H groups in total. The Hall–Kier alpha value is -4.06. The minimum absolute atomic E-state index is 0.0317. The van der Waals surface area contributed by atoms with Crippen molar-refractivity contribution < 1.29 is 22.5 Å². The third kappa shape index (κ3) is 3.71. The highest BCUT2D eigenvalue weighted by molar-refractivity contribution is 7.91. The Kier molecular flexibility index (Phi) is 5.16. The van der Waals surface area contributed by atoms with E-state index < -0.39 is 26.5 Å². The van der Waals surface area contributed by atoms with Gasteiger partial charge in [0.15, 0.2) is 0 Å².